The number of benzene rings is 2. The number of amides is 1. The lowest BCUT2D eigenvalue weighted by Gasteiger charge is -2.25. The first-order valence-corrected chi connectivity index (χ1v) is 10.5. The molecule has 0 aliphatic carbocycles. The Bertz CT molecular complexity index is 908. The normalized spacial score (nSPS) is 10.9. The zero-order valence-electron chi connectivity index (χ0n) is 17.2. The topological polar surface area (TPSA) is 45.7 Å². The molecule has 1 amide bonds. The molecule has 0 saturated heterocycles. The fraction of sp³-hybridized carbons (Fsp3) is 0.304. The Hall–Kier alpha value is -2.70. The molecule has 0 N–H and O–H groups in total. The molecule has 0 atom stereocenters. The summed E-state index contributed by atoms with van der Waals surface area (Å²) in [5, 5.41) is 1.96. The Morgan fingerprint density at radius 2 is 1.90 bits per heavy atom. The summed E-state index contributed by atoms with van der Waals surface area (Å²) in [6, 6.07) is 15.7. The van der Waals surface area contributed by atoms with E-state index in [1.807, 2.05) is 54.7 Å². The van der Waals surface area contributed by atoms with Gasteiger partial charge >= 0.3 is 0 Å². The van der Waals surface area contributed by atoms with Crippen LogP contribution in [0.15, 0.2) is 59.4 Å². The van der Waals surface area contributed by atoms with Gasteiger partial charge in [0.05, 0.1) is 11.2 Å². The van der Waals surface area contributed by atoms with Crippen molar-refractivity contribution in [3.05, 3.63) is 81.8 Å². The molecule has 0 spiro atoms. The molecule has 0 fully saturated rings. The molecule has 2 aromatic carbocycles. The number of aromatic nitrogens is 1. The number of carbonyl (C=O) groups excluding carboxylic acids is 1. The first kappa shape index (κ1) is 21.0. The van der Waals surface area contributed by atoms with Crippen molar-refractivity contribution in [3.63, 3.8) is 0 Å². The number of ether oxygens (including phenoxy) is 1. The monoisotopic (exact) mass is 409 g/mol. The predicted molar refractivity (Wildman–Crippen MR) is 117 cm³/mol. The smallest absolute Gasteiger partial charge is 0.254 e. The van der Waals surface area contributed by atoms with E-state index in [9.17, 15) is 4.79 Å². The lowest BCUT2D eigenvalue weighted by atomic mass is 10.1. The largest absolute Gasteiger partial charge is 0.487 e. The second-order valence-corrected chi connectivity index (χ2v) is 8.03. The molecule has 152 valence electrons. The maximum Gasteiger partial charge on any atom is 0.254 e. The van der Waals surface area contributed by atoms with Crippen LogP contribution in [0.5, 0.6) is 5.75 Å². The van der Waals surface area contributed by atoms with E-state index in [0.717, 1.165) is 23.6 Å². The van der Waals surface area contributed by atoms with E-state index >= 15 is 0 Å². The van der Waals surface area contributed by atoms with Gasteiger partial charge in [-0.05, 0) is 50.8 Å². The first-order valence-electron chi connectivity index (χ1n) is 9.61. The molecule has 29 heavy (non-hydrogen) atoms. The summed E-state index contributed by atoms with van der Waals surface area (Å²) < 4.78 is 5.75. The van der Waals surface area contributed by atoms with Crippen LogP contribution < -0.4 is 4.74 Å². The van der Waals surface area contributed by atoms with Crippen LogP contribution in [0.1, 0.15) is 27.2 Å². The van der Waals surface area contributed by atoms with Crippen LogP contribution in [0.25, 0.3) is 0 Å². The van der Waals surface area contributed by atoms with Gasteiger partial charge in [-0.1, -0.05) is 29.8 Å². The van der Waals surface area contributed by atoms with Crippen LogP contribution in [0.4, 0.5) is 0 Å². The average molecular weight is 410 g/mol. The van der Waals surface area contributed by atoms with E-state index in [0.29, 0.717) is 25.3 Å². The molecule has 0 saturated carbocycles. The average Bonchev–Trinajstić information content (AvgIpc) is 3.23. The zero-order valence-corrected chi connectivity index (χ0v) is 18.0. The molecule has 0 bridgehead atoms. The van der Waals surface area contributed by atoms with E-state index in [1.54, 1.807) is 16.8 Å². The standard InChI is InChI=1S/C23H27N3O2S/c1-18-5-4-6-19(13-18)14-26(12-11-25(2)3)23(27)20-7-9-22(10-8-20)28-15-21-16-29-17-24-21/h4-10,13,16-17H,11-12,14-15H2,1-3H3. The highest BCUT2D eigenvalue weighted by Gasteiger charge is 2.17. The summed E-state index contributed by atoms with van der Waals surface area (Å²) in [4.78, 5) is 21.4. The SMILES string of the molecule is Cc1cccc(CN(CCN(C)C)C(=O)c2ccc(OCc3cscn3)cc2)c1. The van der Waals surface area contributed by atoms with Crippen LogP contribution in [0.3, 0.4) is 0 Å². The van der Waals surface area contributed by atoms with E-state index < -0.39 is 0 Å². The summed E-state index contributed by atoms with van der Waals surface area (Å²) in [6.07, 6.45) is 0. The fourth-order valence-corrected chi connectivity index (χ4v) is 3.49. The lowest BCUT2D eigenvalue weighted by molar-refractivity contribution is 0.0732. The number of aryl methyl sites for hydroxylation is 1. The van der Waals surface area contributed by atoms with Gasteiger partial charge < -0.3 is 14.5 Å². The van der Waals surface area contributed by atoms with E-state index in [4.69, 9.17) is 4.74 Å². The van der Waals surface area contributed by atoms with Gasteiger partial charge in [-0.2, -0.15) is 0 Å². The molecule has 0 radical (unpaired) electrons. The van der Waals surface area contributed by atoms with Gasteiger partial charge in [0.1, 0.15) is 12.4 Å². The van der Waals surface area contributed by atoms with E-state index in [-0.39, 0.29) is 5.91 Å². The molecule has 0 aliphatic rings. The van der Waals surface area contributed by atoms with Crippen LogP contribution in [0.2, 0.25) is 0 Å². The summed E-state index contributed by atoms with van der Waals surface area (Å²) in [6.45, 7) is 4.57. The summed E-state index contributed by atoms with van der Waals surface area (Å²) in [7, 11) is 4.04. The highest BCUT2D eigenvalue weighted by Crippen LogP contribution is 2.17. The molecule has 0 unspecified atom stereocenters. The van der Waals surface area contributed by atoms with Crippen molar-refractivity contribution in [2.45, 2.75) is 20.1 Å². The maximum atomic E-state index is 13.2. The fourth-order valence-electron chi connectivity index (χ4n) is 2.95. The molecular weight excluding hydrogens is 382 g/mol. The van der Waals surface area contributed by atoms with Gasteiger partial charge in [-0.3, -0.25) is 4.79 Å². The van der Waals surface area contributed by atoms with Gasteiger partial charge in [0.15, 0.2) is 0 Å². The molecule has 1 heterocycles. The maximum absolute atomic E-state index is 13.2. The molecule has 0 aliphatic heterocycles. The quantitative estimate of drug-likeness (QED) is 0.530. The number of thiazole rings is 1. The third kappa shape index (κ3) is 6.41. The van der Waals surface area contributed by atoms with Crippen LogP contribution in [-0.2, 0) is 13.2 Å². The third-order valence-corrected chi connectivity index (χ3v) is 5.17. The van der Waals surface area contributed by atoms with Gasteiger partial charge in [0, 0.05) is 30.6 Å². The van der Waals surface area contributed by atoms with Crippen molar-refractivity contribution in [2.24, 2.45) is 0 Å². The van der Waals surface area contributed by atoms with Crippen molar-refractivity contribution >= 4 is 17.2 Å². The number of hydrogen-bond acceptors (Lipinski definition) is 5. The Labute approximate surface area is 176 Å². The number of hydrogen-bond donors (Lipinski definition) is 0. The zero-order chi connectivity index (χ0) is 20.6. The number of likely N-dealkylation sites (N-methyl/N-ethyl adjacent to an activating group) is 1. The molecule has 3 rings (SSSR count). The Balaban J connectivity index is 1.68. The predicted octanol–water partition coefficient (Wildman–Crippen LogP) is 4.23. The molecule has 1 aromatic heterocycles. The molecular formula is C23H27N3O2S. The third-order valence-electron chi connectivity index (χ3n) is 4.53. The number of rotatable bonds is 9. The Morgan fingerprint density at radius 1 is 1.10 bits per heavy atom. The molecule has 5 nitrogen and oxygen atoms in total. The highest BCUT2D eigenvalue weighted by atomic mass is 32.1. The van der Waals surface area contributed by atoms with Crippen molar-refractivity contribution in [3.8, 4) is 5.75 Å². The minimum absolute atomic E-state index is 0.0272. The van der Waals surface area contributed by atoms with Crippen LogP contribution in [0, 0.1) is 6.92 Å². The Morgan fingerprint density at radius 3 is 2.55 bits per heavy atom. The summed E-state index contributed by atoms with van der Waals surface area (Å²) in [5.41, 5.74) is 5.70. The van der Waals surface area contributed by atoms with E-state index in [2.05, 4.69) is 35.0 Å². The van der Waals surface area contributed by atoms with Crippen LogP contribution in [-0.4, -0.2) is 47.9 Å². The van der Waals surface area contributed by atoms with Crippen molar-refractivity contribution < 1.29 is 9.53 Å². The minimum atomic E-state index is 0.0272. The van der Waals surface area contributed by atoms with Gasteiger partial charge in [-0.25, -0.2) is 4.98 Å². The second kappa shape index (κ2) is 10.2. The summed E-state index contributed by atoms with van der Waals surface area (Å²) in [5.74, 6) is 0.757. The first-order chi connectivity index (χ1) is 14.0. The second-order valence-electron chi connectivity index (χ2n) is 7.31. The van der Waals surface area contributed by atoms with Crippen molar-refractivity contribution in [2.75, 3.05) is 27.2 Å². The van der Waals surface area contributed by atoms with Gasteiger partial charge in [0.25, 0.3) is 5.91 Å². The van der Waals surface area contributed by atoms with E-state index in [1.165, 1.54) is 5.56 Å². The van der Waals surface area contributed by atoms with Crippen molar-refractivity contribution in [1.82, 2.24) is 14.8 Å². The lowest BCUT2D eigenvalue weighted by Crippen LogP contribution is -2.36. The number of nitrogens with zero attached hydrogens (tertiary/aromatic N) is 3. The number of carbonyl (C=O) groups is 1. The van der Waals surface area contributed by atoms with Crippen molar-refractivity contribution in [1.29, 1.82) is 0 Å². The molecule has 6 heteroatoms. The Kier molecular flexibility index (Phi) is 7.38. The van der Waals surface area contributed by atoms with Crippen LogP contribution >= 0.6 is 11.3 Å². The molecule has 3 aromatic rings. The highest BCUT2D eigenvalue weighted by molar-refractivity contribution is 7.07. The van der Waals surface area contributed by atoms with Gasteiger partial charge in [0.2, 0.25) is 0 Å². The van der Waals surface area contributed by atoms with Gasteiger partial charge in [-0.15, -0.1) is 11.3 Å². The minimum Gasteiger partial charge on any atom is -0.487 e. The summed E-state index contributed by atoms with van der Waals surface area (Å²) >= 11 is 1.55.